The fourth-order valence-electron chi connectivity index (χ4n) is 1.65. The highest BCUT2D eigenvalue weighted by molar-refractivity contribution is 7.98. The summed E-state index contributed by atoms with van der Waals surface area (Å²) >= 11 is 2.98. The summed E-state index contributed by atoms with van der Waals surface area (Å²) in [6.07, 6.45) is 4.90. The zero-order valence-electron chi connectivity index (χ0n) is 12.9. The third-order valence-corrected chi connectivity index (χ3v) is 4.64. The van der Waals surface area contributed by atoms with E-state index in [1.807, 2.05) is 44.4 Å². The second-order valence-corrected chi connectivity index (χ2v) is 7.10. The van der Waals surface area contributed by atoms with Gasteiger partial charge in [0.25, 0.3) is 5.66 Å². The van der Waals surface area contributed by atoms with Gasteiger partial charge < -0.3 is 0 Å². The highest BCUT2D eigenvalue weighted by Gasteiger charge is 2.34. The number of nitrogens with one attached hydrogen (secondary N) is 1. The highest BCUT2D eigenvalue weighted by Crippen LogP contribution is 2.24. The summed E-state index contributed by atoms with van der Waals surface area (Å²) in [5.41, 5.74) is 2.13. The Morgan fingerprint density at radius 2 is 1.95 bits per heavy atom. The van der Waals surface area contributed by atoms with Gasteiger partial charge in [-0.3, -0.25) is 4.84 Å². The Labute approximate surface area is 138 Å². The molecule has 0 bridgehead atoms. The maximum Gasteiger partial charge on any atom is 0.448 e. The minimum atomic E-state index is -0.491. The number of hydrogen-bond donors (Lipinski definition) is 1. The maximum atomic E-state index is 12.0. The van der Waals surface area contributed by atoms with Crippen molar-refractivity contribution in [3.8, 4) is 0 Å². The average Bonchev–Trinajstić information content (AvgIpc) is 2.84. The van der Waals surface area contributed by atoms with E-state index >= 15 is 0 Å². The lowest BCUT2D eigenvalue weighted by Crippen LogP contribution is -2.43. The van der Waals surface area contributed by atoms with Crippen LogP contribution in [0.3, 0.4) is 0 Å². The predicted molar refractivity (Wildman–Crippen MR) is 90.4 cm³/mol. The van der Waals surface area contributed by atoms with Crippen LogP contribution in [0.5, 0.6) is 0 Å². The number of aliphatic imine (C=N–C) groups is 1. The van der Waals surface area contributed by atoms with E-state index in [-0.39, 0.29) is 0 Å². The number of rotatable bonds is 5. The van der Waals surface area contributed by atoms with Crippen LogP contribution in [0.15, 0.2) is 39.0 Å². The van der Waals surface area contributed by atoms with Crippen LogP contribution in [0.4, 0.5) is 4.79 Å². The van der Waals surface area contributed by atoms with Gasteiger partial charge in [0.05, 0.1) is 6.21 Å². The number of hydrazine groups is 1. The fourth-order valence-corrected chi connectivity index (χ4v) is 2.75. The summed E-state index contributed by atoms with van der Waals surface area (Å²) in [6, 6.07) is 7.98. The van der Waals surface area contributed by atoms with E-state index in [4.69, 9.17) is 4.84 Å². The monoisotopic (exact) mass is 339 g/mol. The molecule has 0 aromatic heterocycles. The molecule has 0 saturated heterocycles. The van der Waals surface area contributed by atoms with Gasteiger partial charge >= 0.3 is 6.09 Å². The van der Waals surface area contributed by atoms with Gasteiger partial charge in [-0.05, 0) is 48.1 Å². The molecule has 118 valence electrons. The third kappa shape index (κ3) is 4.17. The molecule has 1 N–H and O–H groups in total. The molecule has 8 heteroatoms. The quantitative estimate of drug-likeness (QED) is 0.387. The summed E-state index contributed by atoms with van der Waals surface area (Å²) in [5, 5.41) is 0. The highest BCUT2D eigenvalue weighted by atomic mass is 32.2. The molecular formula is C14H19N4O2S2+. The zero-order valence-corrected chi connectivity index (χ0v) is 14.6. The number of carbonyl (C=O) groups excluding carboxylic acids is 1. The first kappa shape index (κ1) is 16.7. The molecule has 6 nitrogen and oxygen atoms in total. The van der Waals surface area contributed by atoms with E-state index in [0.29, 0.717) is 0 Å². The van der Waals surface area contributed by atoms with Gasteiger partial charge in [-0.25, -0.2) is 14.1 Å². The number of nitrogens with zero attached hydrogens (tertiary/aromatic N) is 3. The van der Waals surface area contributed by atoms with Crippen molar-refractivity contribution in [2.24, 2.45) is 4.99 Å². The van der Waals surface area contributed by atoms with E-state index in [1.165, 1.54) is 21.1 Å². The largest absolute Gasteiger partial charge is 0.448 e. The van der Waals surface area contributed by atoms with E-state index in [0.717, 1.165) is 4.90 Å². The molecule has 0 atom stereocenters. The second kappa shape index (κ2) is 7.06. The summed E-state index contributed by atoms with van der Waals surface area (Å²) in [4.78, 5) is 23.4. The van der Waals surface area contributed by atoms with Gasteiger partial charge in [-0.1, -0.05) is 4.68 Å². The number of amides is 1. The lowest BCUT2D eigenvalue weighted by atomic mass is 10.3. The molecule has 1 aromatic rings. The van der Waals surface area contributed by atoms with Crippen LogP contribution < -0.4 is 5.59 Å². The Bertz CT molecular complexity index is 599. The molecule has 22 heavy (non-hydrogen) atoms. The number of hydrazone groups is 1. The summed E-state index contributed by atoms with van der Waals surface area (Å²) < 4.78 is 3.04. The first-order valence-electron chi connectivity index (χ1n) is 6.62. The number of hydrogen-bond acceptors (Lipinski definition) is 6. The predicted octanol–water partition coefficient (Wildman–Crippen LogP) is 2.81. The molecule has 0 aliphatic carbocycles. The maximum absolute atomic E-state index is 12.0. The second-order valence-electron chi connectivity index (χ2n) is 5.02. The Balaban J connectivity index is 1.84. The van der Waals surface area contributed by atoms with Gasteiger partial charge in [0.2, 0.25) is 6.21 Å². The van der Waals surface area contributed by atoms with Crippen molar-refractivity contribution < 1.29 is 14.3 Å². The van der Waals surface area contributed by atoms with E-state index < -0.39 is 11.8 Å². The summed E-state index contributed by atoms with van der Waals surface area (Å²) in [6.45, 7) is 3.80. The van der Waals surface area contributed by atoms with Crippen LogP contribution in [0.2, 0.25) is 0 Å². The van der Waals surface area contributed by atoms with Crippen molar-refractivity contribution in [3.63, 3.8) is 0 Å². The molecule has 1 aromatic carbocycles. The van der Waals surface area contributed by atoms with Gasteiger partial charge in [0.1, 0.15) is 0 Å². The summed E-state index contributed by atoms with van der Waals surface area (Å²) in [5.74, 6) is 0. The number of benzene rings is 1. The fraction of sp³-hybridized carbons (Fsp3) is 0.357. The molecule has 0 fully saturated rings. The number of thioether (sulfide) groups is 1. The Kier molecular flexibility index (Phi) is 5.36. The van der Waals surface area contributed by atoms with Crippen molar-refractivity contribution in [2.75, 3.05) is 13.3 Å². The molecule has 0 unspecified atom stereocenters. The smallest absolute Gasteiger partial charge is 0.273 e. The van der Waals surface area contributed by atoms with E-state index in [9.17, 15) is 4.79 Å². The summed E-state index contributed by atoms with van der Waals surface area (Å²) in [7, 11) is 1.66. The Morgan fingerprint density at radius 3 is 2.50 bits per heavy atom. The van der Waals surface area contributed by atoms with Crippen molar-refractivity contribution in [2.45, 2.75) is 29.3 Å². The molecule has 1 amide bonds. The molecule has 2 rings (SSSR count). The van der Waals surface area contributed by atoms with Crippen molar-refractivity contribution in [3.05, 3.63) is 24.3 Å². The standard InChI is InChI=1S/C14H19N4O2S2/c1-14(2)15-9-10-18(14)16-20-13(19)17(3)22-12-7-5-11(21-4)6-8-12/h5-10,16H,1-4H3/q+1. The lowest BCUT2D eigenvalue weighted by molar-refractivity contribution is -0.683. The van der Waals surface area contributed by atoms with Crippen LogP contribution in [-0.4, -0.2) is 46.5 Å². The van der Waals surface area contributed by atoms with Crippen molar-refractivity contribution >= 4 is 42.2 Å². The van der Waals surface area contributed by atoms with Crippen LogP contribution in [0, 0.1) is 0 Å². The van der Waals surface area contributed by atoms with E-state index in [2.05, 4.69) is 10.6 Å². The normalized spacial score (nSPS) is 15.4. The van der Waals surface area contributed by atoms with Crippen LogP contribution in [0.25, 0.3) is 0 Å². The first-order chi connectivity index (χ1) is 10.4. The Hall–Kier alpha value is -1.67. The minimum Gasteiger partial charge on any atom is -0.273 e. The zero-order chi connectivity index (χ0) is 16.2. The molecular weight excluding hydrogens is 320 g/mol. The van der Waals surface area contributed by atoms with Crippen LogP contribution in [-0.2, 0) is 4.84 Å². The molecule has 1 aliphatic heterocycles. The first-order valence-corrected chi connectivity index (χ1v) is 8.62. The van der Waals surface area contributed by atoms with E-state index in [1.54, 1.807) is 35.9 Å². The van der Waals surface area contributed by atoms with Gasteiger partial charge in [0, 0.05) is 30.7 Å². The van der Waals surface area contributed by atoms with Gasteiger partial charge in [0.15, 0.2) is 0 Å². The molecule has 1 heterocycles. The van der Waals surface area contributed by atoms with Crippen LogP contribution >= 0.6 is 23.7 Å². The van der Waals surface area contributed by atoms with Gasteiger partial charge in [-0.2, -0.15) is 0 Å². The molecule has 0 radical (unpaired) electrons. The average molecular weight is 339 g/mol. The van der Waals surface area contributed by atoms with Crippen LogP contribution in [0.1, 0.15) is 13.8 Å². The van der Waals surface area contributed by atoms with Gasteiger partial charge in [-0.15, -0.1) is 11.8 Å². The molecule has 0 saturated carbocycles. The minimum absolute atomic E-state index is 0.473. The Morgan fingerprint density at radius 1 is 1.32 bits per heavy atom. The molecule has 0 spiro atoms. The lowest BCUT2D eigenvalue weighted by Gasteiger charge is -2.17. The topological polar surface area (TPSA) is 56.9 Å². The molecule has 1 aliphatic rings. The number of carbonyl (C=O) groups is 1. The third-order valence-electron chi connectivity index (χ3n) is 2.99. The van der Waals surface area contributed by atoms with Crippen molar-refractivity contribution in [1.82, 2.24) is 9.89 Å². The van der Waals surface area contributed by atoms with Crippen molar-refractivity contribution in [1.29, 1.82) is 0 Å². The SMILES string of the molecule is CSc1ccc(SN(C)C(=O)ON[N+]2=CC=NC2(C)C)cc1.